The summed E-state index contributed by atoms with van der Waals surface area (Å²) in [5, 5.41) is 20.3. The van der Waals surface area contributed by atoms with E-state index in [0.29, 0.717) is 12.6 Å². The number of nitrogens with zero attached hydrogens (tertiary/aromatic N) is 4. The predicted molar refractivity (Wildman–Crippen MR) is 88.8 cm³/mol. The fourth-order valence-electron chi connectivity index (χ4n) is 2.32. The van der Waals surface area contributed by atoms with Crippen LogP contribution in [0.2, 0.25) is 0 Å². The van der Waals surface area contributed by atoms with Gasteiger partial charge in [0.25, 0.3) is 5.69 Å². The maximum Gasteiger partial charge on any atom is 0.416 e. The highest BCUT2D eigenvalue weighted by atomic mass is 19.4. The highest BCUT2D eigenvalue weighted by Gasteiger charge is 2.33. The monoisotopic (exact) mass is 386 g/mol. The first kappa shape index (κ1) is 20.1. The molecule has 0 fully saturated rings. The lowest BCUT2D eigenvalue weighted by molar-refractivity contribution is -0.384. The molecule has 1 amide bonds. The Hall–Kier alpha value is -3.18. The number of carbonyl (C=O) groups is 1. The van der Waals surface area contributed by atoms with Gasteiger partial charge in [-0.1, -0.05) is 0 Å². The number of hydrogen-bond acceptors (Lipinski definition) is 6. The molecule has 2 rings (SSSR count). The molecule has 0 bridgehead atoms. The lowest BCUT2D eigenvalue weighted by atomic mass is 10.1. The number of carbonyl (C=O) groups excluding carboxylic acids is 1. The minimum atomic E-state index is -4.68. The summed E-state index contributed by atoms with van der Waals surface area (Å²) in [5.41, 5.74) is -1.90. The van der Waals surface area contributed by atoms with Gasteiger partial charge in [0.15, 0.2) is 0 Å². The third kappa shape index (κ3) is 5.94. The van der Waals surface area contributed by atoms with Crippen molar-refractivity contribution in [1.29, 1.82) is 0 Å². The average Bonchev–Trinajstić information content (AvgIpc) is 3.06. The quantitative estimate of drug-likeness (QED) is 0.531. The Morgan fingerprint density at radius 1 is 1.41 bits per heavy atom. The number of aromatic nitrogens is 3. The van der Waals surface area contributed by atoms with Crippen molar-refractivity contribution in [3.63, 3.8) is 0 Å². The van der Waals surface area contributed by atoms with Crippen molar-refractivity contribution >= 4 is 17.3 Å². The molecule has 0 radical (unpaired) electrons. The van der Waals surface area contributed by atoms with Crippen LogP contribution in [0.25, 0.3) is 0 Å². The number of amides is 1. The fraction of sp³-hybridized carbons (Fsp3) is 0.400. The predicted octanol–water partition coefficient (Wildman–Crippen LogP) is 2.21. The van der Waals surface area contributed by atoms with Crippen molar-refractivity contribution in [3.05, 3.63) is 46.5 Å². The minimum absolute atomic E-state index is 0.0140. The van der Waals surface area contributed by atoms with Crippen molar-refractivity contribution in [2.24, 2.45) is 0 Å². The number of nitro groups is 1. The first-order valence-corrected chi connectivity index (χ1v) is 7.88. The topological polar surface area (TPSA) is 115 Å². The third-order valence-electron chi connectivity index (χ3n) is 3.52. The van der Waals surface area contributed by atoms with E-state index in [1.54, 1.807) is 11.6 Å². The van der Waals surface area contributed by atoms with E-state index in [0.717, 1.165) is 12.1 Å². The van der Waals surface area contributed by atoms with E-state index in [1.807, 2.05) is 0 Å². The van der Waals surface area contributed by atoms with Crippen LogP contribution in [0, 0.1) is 10.1 Å². The molecule has 2 N–H and O–H groups in total. The summed E-state index contributed by atoms with van der Waals surface area (Å²) in [6, 6.07) is 1.96. The molecule has 146 valence electrons. The Labute approximate surface area is 151 Å². The van der Waals surface area contributed by atoms with E-state index in [9.17, 15) is 28.1 Å². The van der Waals surface area contributed by atoms with Crippen LogP contribution in [-0.4, -0.2) is 38.2 Å². The maximum atomic E-state index is 12.7. The number of anilines is 1. The van der Waals surface area contributed by atoms with E-state index in [2.05, 4.69) is 20.7 Å². The molecule has 2 aromatic rings. The van der Waals surface area contributed by atoms with Crippen molar-refractivity contribution < 1.29 is 22.9 Å². The molecular formula is C15H17F3N6O3. The zero-order valence-electron chi connectivity index (χ0n) is 14.2. The average molecular weight is 386 g/mol. The molecule has 1 atom stereocenters. The second kappa shape index (κ2) is 8.47. The van der Waals surface area contributed by atoms with Crippen LogP contribution >= 0.6 is 0 Å². The van der Waals surface area contributed by atoms with Crippen molar-refractivity contribution in [1.82, 2.24) is 20.1 Å². The van der Waals surface area contributed by atoms with Gasteiger partial charge in [0.05, 0.1) is 17.0 Å². The lowest BCUT2D eigenvalue weighted by Crippen LogP contribution is -2.36. The second-order valence-corrected chi connectivity index (χ2v) is 5.75. The molecule has 0 aliphatic rings. The van der Waals surface area contributed by atoms with Gasteiger partial charge in [0, 0.05) is 25.1 Å². The van der Waals surface area contributed by atoms with Crippen LogP contribution in [0.15, 0.2) is 30.9 Å². The number of nitro benzene ring substituents is 1. The molecule has 1 heterocycles. The van der Waals surface area contributed by atoms with Crippen LogP contribution in [0.1, 0.15) is 18.9 Å². The van der Waals surface area contributed by atoms with Crippen LogP contribution in [0.3, 0.4) is 0 Å². The van der Waals surface area contributed by atoms with Crippen LogP contribution < -0.4 is 10.6 Å². The lowest BCUT2D eigenvalue weighted by Gasteiger charge is -2.14. The van der Waals surface area contributed by atoms with E-state index >= 15 is 0 Å². The normalized spacial score (nSPS) is 12.4. The summed E-state index contributed by atoms with van der Waals surface area (Å²) in [6.07, 6.45) is -1.81. The first-order chi connectivity index (χ1) is 12.7. The molecule has 1 unspecified atom stereocenters. The summed E-state index contributed by atoms with van der Waals surface area (Å²) in [7, 11) is 0. The van der Waals surface area contributed by atoms with Gasteiger partial charge in [-0.15, -0.1) is 0 Å². The summed E-state index contributed by atoms with van der Waals surface area (Å²) < 4.78 is 39.6. The van der Waals surface area contributed by atoms with Gasteiger partial charge in [0.1, 0.15) is 18.3 Å². The Morgan fingerprint density at radius 3 is 2.74 bits per heavy atom. The van der Waals surface area contributed by atoms with Gasteiger partial charge in [-0.05, 0) is 19.1 Å². The number of hydrogen-bond donors (Lipinski definition) is 2. The smallest absolute Gasteiger partial charge is 0.379 e. The van der Waals surface area contributed by atoms with Gasteiger partial charge in [-0.25, -0.2) is 4.98 Å². The number of benzene rings is 1. The highest BCUT2D eigenvalue weighted by Crippen LogP contribution is 2.34. The van der Waals surface area contributed by atoms with Crippen LogP contribution in [0.4, 0.5) is 24.5 Å². The largest absolute Gasteiger partial charge is 0.416 e. The van der Waals surface area contributed by atoms with Gasteiger partial charge >= 0.3 is 6.18 Å². The molecule has 0 spiro atoms. The van der Waals surface area contributed by atoms with E-state index in [1.165, 1.54) is 12.7 Å². The SMILES string of the molecule is CC(Cn1cncn1)NC(=O)CCNc1ccc(C(F)(F)F)cc1[N+](=O)[O-]. The minimum Gasteiger partial charge on any atom is -0.379 e. The summed E-state index contributed by atoms with van der Waals surface area (Å²) in [4.78, 5) is 25.8. The van der Waals surface area contributed by atoms with Crippen molar-refractivity contribution in [3.8, 4) is 0 Å². The molecule has 27 heavy (non-hydrogen) atoms. The molecular weight excluding hydrogens is 369 g/mol. The standard InChI is InChI=1S/C15H17F3N6O3/c1-10(7-23-9-19-8-21-23)22-14(25)4-5-20-12-3-2-11(15(16,17)18)6-13(12)24(26)27/h2-3,6,8-10,20H,4-5,7H2,1H3,(H,22,25). The zero-order valence-corrected chi connectivity index (χ0v) is 14.2. The molecule has 0 aliphatic carbocycles. The molecule has 0 saturated carbocycles. The summed E-state index contributed by atoms with van der Waals surface area (Å²) >= 11 is 0. The third-order valence-corrected chi connectivity index (χ3v) is 3.52. The Balaban J connectivity index is 1.88. The van der Waals surface area contributed by atoms with Crippen LogP contribution in [-0.2, 0) is 17.5 Å². The van der Waals surface area contributed by atoms with E-state index in [-0.39, 0.29) is 30.6 Å². The van der Waals surface area contributed by atoms with Gasteiger partial charge in [-0.3, -0.25) is 19.6 Å². The van der Waals surface area contributed by atoms with Gasteiger partial charge in [-0.2, -0.15) is 18.3 Å². The number of alkyl halides is 3. The maximum absolute atomic E-state index is 12.7. The number of nitrogens with one attached hydrogen (secondary N) is 2. The molecule has 1 aromatic carbocycles. The fourth-order valence-corrected chi connectivity index (χ4v) is 2.32. The molecule has 12 heteroatoms. The Kier molecular flexibility index (Phi) is 6.32. The number of rotatable bonds is 8. The molecule has 0 aliphatic heterocycles. The summed E-state index contributed by atoms with van der Waals surface area (Å²) in [6.45, 7) is 2.21. The second-order valence-electron chi connectivity index (χ2n) is 5.75. The van der Waals surface area contributed by atoms with Gasteiger partial charge in [0.2, 0.25) is 5.91 Å². The molecule has 9 nitrogen and oxygen atoms in total. The Bertz CT molecular complexity index is 795. The van der Waals surface area contributed by atoms with Crippen molar-refractivity contribution in [2.45, 2.75) is 32.1 Å². The first-order valence-electron chi connectivity index (χ1n) is 7.88. The number of halogens is 3. The van der Waals surface area contributed by atoms with E-state index in [4.69, 9.17) is 0 Å². The van der Waals surface area contributed by atoms with Crippen molar-refractivity contribution in [2.75, 3.05) is 11.9 Å². The zero-order chi connectivity index (χ0) is 20.0. The van der Waals surface area contributed by atoms with Crippen LogP contribution in [0.5, 0.6) is 0 Å². The highest BCUT2D eigenvalue weighted by molar-refractivity contribution is 5.77. The summed E-state index contributed by atoms with van der Waals surface area (Å²) in [5.74, 6) is -0.315. The van der Waals surface area contributed by atoms with Gasteiger partial charge < -0.3 is 10.6 Å². The molecule has 0 saturated heterocycles. The Morgan fingerprint density at radius 2 is 2.15 bits per heavy atom. The van der Waals surface area contributed by atoms with E-state index < -0.39 is 22.4 Å². The molecule has 1 aromatic heterocycles.